The number of rotatable bonds is 5. The zero-order valence-electron chi connectivity index (χ0n) is 12.8. The first-order chi connectivity index (χ1) is 10.5. The fraction of sp³-hybridized carbons (Fsp3) is 0.235. The molecule has 0 saturated carbocycles. The maximum atomic E-state index is 12.2. The van der Waals surface area contributed by atoms with Gasteiger partial charge in [-0.15, -0.1) is 0 Å². The topological polar surface area (TPSA) is 47.6 Å². The summed E-state index contributed by atoms with van der Waals surface area (Å²) >= 11 is 3.46. The summed E-state index contributed by atoms with van der Waals surface area (Å²) < 4.78 is 11.4. The van der Waals surface area contributed by atoms with E-state index in [0.717, 1.165) is 21.3 Å². The number of carbonyl (C=O) groups excluding carboxylic acids is 1. The zero-order chi connectivity index (χ0) is 16.1. The second kappa shape index (κ2) is 7.31. The van der Waals surface area contributed by atoms with Crippen LogP contribution in [0.25, 0.3) is 0 Å². The van der Waals surface area contributed by atoms with E-state index in [1.165, 1.54) is 0 Å². The quantitative estimate of drug-likeness (QED) is 0.874. The van der Waals surface area contributed by atoms with Gasteiger partial charge in [0.15, 0.2) is 0 Å². The molecule has 0 bridgehead atoms. The molecular weight excluding hydrogens is 346 g/mol. The van der Waals surface area contributed by atoms with Crippen molar-refractivity contribution < 1.29 is 14.3 Å². The highest BCUT2D eigenvalue weighted by Gasteiger charge is 2.11. The summed E-state index contributed by atoms with van der Waals surface area (Å²) in [7, 11) is 3.18. The Morgan fingerprint density at radius 3 is 2.55 bits per heavy atom. The highest BCUT2D eigenvalue weighted by atomic mass is 79.9. The van der Waals surface area contributed by atoms with Gasteiger partial charge < -0.3 is 14.8 Å². The number of hydrogen-bond donors (Lipinski definition) is 1. The van der Waals surface area contributed by atoms with Crippen molar-refractivity contribution >= 4 is 27.5 Å². The molecule has 0 aromatic heterocycles. The summed E-state index contributed by atoms with van der Waals surface area (Å²) in [4.78, 5) is 12.2. The Balaban J connectivity index is 2.12. The van der Waals surface area contributed by atoms with Gasteiger partial charge in [0.1, 0.15) is 11.5 Å². The van der Waals surface area contributed by atoms with E-state index < -0.39 is 0 Å². The van der Waals surface area contributed by atoms with Crippen LogP contribution in [0.2, 0.25) is 0 Å². The Bertz CT molecular complexity index is 686. The van der Waals surface area contributed by atoms with Crippen LogP contribution in [0.3, 0.4) is 0 Å². The van der Waals surface area contributed by atoms with Crippen LogP contribution in [-0.2, 0) is 11.2 Å². The Kier molecular flexibility index (Phi) is 5.44. The third kappa shape index (κ3) is 4.01. The van der Waals surface area contributed by atoms with Crippen molar-refractivity contribution in [1.82, 2.24) is 0 Å². The summed E-state index contributed by atoms with van der Waals surface area (Å²) in [5.41, 5.74) is 2.65. The standard InChI is InChI=1S/C17H18BrNO3/c1-11-4-5-13(10-15(11)18)19-17(20)9-12-8-14(21-2)6-7-16(12)22-3/h4-8,10H,9H2,1-3H3,(H,19,20). The number of aryl methyl sites for hydroxylation is 1. The van der Waals surface area contributed by atoms with E-state index in [1.807, 2.05) is 31.2 Å². The lowest BCUT2D eigenvalue weighted by Gasteiger charge is -2.11. The predicted octanol–water partition coefficient (Wildman–Crippen LogP) is 3.96. The van der Waals surface area contributed by atoms with Crippen LogP contribution < -0.4 is 14.8 Å². The van der Waals surface area contributed by atoms with Gasteiger partial charge in [-0.1, -0.05) is 22.0 Å². The number of methoxy groups -OCH3 is 2. The largest absolute Gasteiger partial charge is 0.497 e. The second-order valence-electron chi connectivity index (χ2n) is 4.87. The molecule has 22 heavy (non-hydrogen) atoms. The van der Waals surface area contributed by atoms with Gasteiger partial charge in [0.05, 0.1) is 20.6 Å². The molecule has 0 heterocycles. The van der Waals surface area contributed by atoms with Crippen LogP contribution >= 0.6 is 15.9 Å². The number of hydrogen-bond acceptors (Lipinski definition) is 3. The van der Waals surface area contributed by atoms with Crippen molar-refractivity contribution in [1.29, 1.82) is 0 Å². The third-order valence-corrected chi connectivity index (χ3v) is 4.15. The molecule has 0 spiro atoms. The summed E-state index contributed by atoms with van der Waals surface area (Å²) in [5, 5.41) is 2.88. The van der Waals surface area contributed by atoms with Gasteiger partial charge >= 0.3 is 0 Å². The van der Waals surface area contributed by atoms with E-state index in [4.69, 9.17) is 9.47 Å². The molecule has 0 unspecified atom stereocenters. The number of amides is 1. The van der Waals surface area contributed by atoms with Crippen LogP contribution in [0, 0.1) is 6.92 Å². The van der Waals surface area contributed by atoms with Crippen LogP contribution in [0.1, 0.15) is 11.1 Å². The molecule has 0 radical (unpaired) electrons. The molecule has 5 heteroatoms. The first-order valence-corrected chi connectivity index (χ1v) is 7.59. The Hall–Kier alpha value is -2.01. The summed E-state index contributed by atoms with van der Waals surface area (Å²) in [6, 6.07) is 11.1. The zero-order valence-corrected chi connectivity index (χ0v) is 14.4. The molecule has 1 N–H and O–H groups in total. The monoisotopic (exact) mass is 363 g/mol. The minimum Gasteiger partial charge on any atom is -0.497 e. The summed E-state index contributed by atoms with van der Waals surface area (Å²) in [5.74, 6) is 1.25. The molecule has 2 rings (SSSR count). The number of benzene rings is 2. The molecule has 4 nitrogen and oxygen atoms in total. The fourth-order valence-electron chi connectivity index (χ4n) is 2.07. The highest BCUT2D eigenvalue weighted by molar-refractivity contribution is 9.10. The third-order valence-electron chi connectivity index (χ3n) is 3.29. The first-order valence-electron chi connectivity index (χ1n) is 6.80. The van der Waals surface area contributed by atoms with Gasteiger partial charge in [-0.2, -0.15) is 0 Å². The molecule has 2 aromatic rings. The van der Waals surface area contributed by atoms with E-state index in [9.17, 15) is 4.79 Å². The molecule has 116 valence electrons. The molecule has 0 aliphatic rings. The van der Waals surface area contributed by atoms with Crippen molar-refractivity contribution in [2.24, 2.45) is 0 Å². The number of halogens is 1. The number of nitrogens with one attached hydrogen (secondary N) is 1. The highest BCUT2D eigenvalue weighted by Crippen LogP contribution is 2.25. The van der Waals surface area contributed by atoms with E-state index in [-0.39, 0.29) is 12.3 Å². The SMILES string of the molecule is COc1ccc(OC)c(CC(=O)Nc2ccc(C)c(Br)c2)c1. The smallest absolute Gasteiger partial charge is 0.228 e. The minimum atomic E-state index is -0.109. The van der Waals surface area contributed by atoms with Crippen LogP contribution in [0.5, 0.6) is 11.5 Å². The maximum absolute atomic E-state index is 12.2. The molecule has 0 fully saturated rings. The minimum absolute atomic E-state index is 0.109. The number of carbonyl (C=O) groups is 1. The molecule has 0 atom stereocenters. The Morgan fingerprint density at radius 1 is 1.14 bits per heavy atom. The van der Waals surface area contributed by atoms with Crippen molar-refractivity contribution in [2.75, 3.05) is 19.5 Å². The summed E-state index contributed by atoms with van der Waals surface area (Å²) in [6.45, 7) is 2.00. The molecule has 1 amide bonds. The maximum Gasteiger partial charge on any atom is 0.228 e. The van der Waals surface area contributed by atoms with Crippen molar-refractivity contribution in [2.45, 2.75) is 13.3 Å². The normalized spacial score (nSPS) is 10.2. The van der Waals surface area contributed by atoms with E-state index in [1.54, 1.807) is 26.4 Å². The van der Waals surface area contributed by atoms with Gasteiger partial charge in [-0.05, 0) is 42.8 Å². The lowest BCUT2D eigenvalue weighted by atomic mass is 10.1. The molecule has 2 aromatic carbocycles. The van der Waals surface area contributed by atoms with Gasteiger partial charge in [0.25, 0.3) is 0 Å². The molecule has 0 aliphatic heterocycles. The van der Waals surface area contributed by atoms with Gasteiger partial charge in [0, 0.05) is 15.7 Å². The van der Waals surface area contributed by atoms with Gasteiger partial charge in [-0.3, -0.25) is 4.79 Å². The van der Waals surface area contributed by atoms with Crippen molar-refractivity contribution in [3.63, 3.8) is 0 Å². The number of anilines is 1. The lowest BCUT2D eigenvalue weighted by molar-refractivity contribution is -0.115. The predicted molar refractivity (Wildman–Crippen MR) is 90.8 cm³/mol. The van der Waals surface area contributed by atoms with Gasteiger partial charge in [0.2, 0.25) is 5.91 Å². The average molecular weight is 364 g/mol. The second-order valence-corrected chi connectivity index (χ2v) is 5.72. The fourth-order valence-corrected chi connectivity index (χ4v) is 2.45. The van der Waals surface area contributed by atoms with E-state index >= 15 is 0 Å². The summed E-state index contributed by atoms with van der Waals surface area (Å²) in [6.07, 6.45) is 0.214. The van der Waals surface area contributed by atoms with Gasteiger partial charge in [-0.25, -0.2) is 0 Å². The van der Waals surface area contributed by atoms with Crippen molar-refractivity contribution in [3.05, 3.63) is 52.0 Å². The Morgan fingerprint density at radius 2 is 1.91 bits per heavy atom. The molecule has 0 saturated heterocycles. The van der Waals surface area contributed by atoms with Crippen LogP contribution in [-0.4, -0.2) is 20.1 Å². The first kappa shape index (κ1) is 16.4. The number of ether oxygens (including phenoxy) is 2. The molecule has 0 aliphatic carbocycles. The van der Waals surface area contributed by atoms with E-state index in [2.05, 4.69) is 21.2 Å². The molecular formula is C17H18BrNO3. The van der Waals surface area contributed by atoms with Crippen LogP contribution in [0.4, 0.5) is 5.69 Å². The van der Waals surface area contributed by atoms with Crippen molar-refractivity contribution in [3.8, 4) is 11.5 Å². The van der Waals surface area contributed by atoms with E-state index in [0.29, 0.717) is 11.5 Å². The van der Waals surface area contributed by atoms with Crippen LogP contribution in [0.15, 0.2) is 40.9 Å². The lowest BCUT2D eigenvalue weighted by Crippen LogP contribution is -2.15. The Labute approximate surface area is 138 Å². The average Bonchev–Trinajstić information content (AvgIpc) is 2.50.